The highest BCUT2D eigenvalue weighted by Gasteiger charge is 2.34. The van der Waals surface area contributed by atoms with Gasteiger partial charge in [0, 0.05) is 0 Å². The third-order valence-electron chi connectivity index (χ3n) is 2.97. The second kappa shape index (κ2) is 5.61. The molecule has 0 heterocycles. The van der Waals surface area contributed by atoms with E-state index >= 15 is 0 Å². The molecule has 0 aromatic heterocycles. The van der Waals surface area contributed by atoms with Gasteiger partial charge in [-0.15, -0.1) is 0 Å². The van der Waals surface area contributed by atoms with E-state index in [4.69, 9.17) is 17.3 Å². The van der Waals surface area contributed by atoms with Crippen LogP contribution in [0, 0.1) is 11.6 Å². The summed E-state index contributed by atoms with van der Waals surface area (Å²) in [6.07, 6.45) is -4.84. The van der Waals surface area contributed by atoms with Crippen LogP contribution in [0.3, 0.4) is 0 Å². The van der Waals surface area contributed by atoms with Crippen LogP contribution in [0.1, 0.15) is 22.7 Å². The molecule has 7 heteroatoms. The summed E-state index contributed by atoms with van der Waals surface area (Å²) in [6, 6.07) is 5.11. The molecule has 1 atom stereocenters. The van der Waals surface area contributed by atoms with E-state index < -0.39 is 29.4 Å². The Kier molecular flexibility index (Phi) is 4.20. The van der Waals surface area contributed by atoms with E-state index in [2.05, 4.69) is 0 Å². The second-order valence-electron chi connectivity index (χ2n) is 4.36. The van der Waals surface area contributed by atoms with Crippen molar-refractivity contribution >= 4 is 11.6 Å². The Bertz CT molecular complexity index is 669. The molecular weight excluding hydrogens is 313 g/mol. The van der Waals surface area contributed by atoms with Gasteiger partial charge < -0.3 is 5.73 Å². The number of hydrogen-bond acceptors (Lipinski definition) is 1. The minimum atomic E-state index is -4.84. The largest absolute Gasteiger partial charge is 0.419 e. The maximum Gasteiger partial charge on any atom is 0.419 e. The average molecular weight is 322 g/mol. The molecule has 0 saturated heterocycles. The summed E-state index contributed by atoms with van der Waals surface area (Å²) in [5.74, 6) is -2.13. The Morgan fingerprint density at radius 3 is 2.29 bits per heavy atom. The topological polar surface area (TPSA) is 26.0 Å². The highest BCUT2D eigenvalue weighted by Crippen LogP contribution is 2.35. The summed E-state index contributed by atoms with van der Waals surface area (Å²) >= 11 is 5.75. The van der Waals surface area contributed by atoms with Crippen molar-refractivity contribution in [1.82, 2.24) is 0 Å². The summed E-state index contributed by atoms with van der Waals surface area (Å²) in [6.45, 7) is 0. The third kappa shape index (κ3) is 3.16. The molecule has 0 amide bonds. The van der Waals surface area contributed by atoms with Gasteiger partial charge in [0.05, 0.1) is 16.6 Å². The zero-order chi connectivity index (χ0) is 15.8. The van der Waals surface area contributed by atoms with Gasteiger partial charge in [-0.2, -0.15) is 13.2 Å². The average Bonchev–Trinajstić information content (AvgIpc) is 2.40. The summed E-state index contributed by atoms with van der Waals surface area (Å²) in [5, 5.41) is -0.275. The first-order valence-corrected chi connectivity index (χ1v) is 6.15. The zero-order valence-corrected chi connectivity index (χ0v) is 11.1. The lowest BCUT2D eigenvalue weighted by atomic mass is 9.97. The maximum atomic E-state index is 13.4. The first kappa shape index (κ1) is 15.7. The summed E-state index contributed by atoms with van der Waals surface area (Å²) in [7, 11) is 0. The monoisotopic (exact) mass is 321 g/mol. The fraction of sp³-hybridized carbons (Fsp3) is 0.143. The van der Waals surface area contributed by atoms with Gasteiger partial charge in [0.25, 0.3) is 0 Å². The molecule has 112 valence electrons. The third-order valence-corrected chi connectivity index (χ3v) is 3.37. The van der Waals surface area contributed by atoms with Gasteiger partial charge in [-0.1, -0.05) is 29.8 Å². The van der Waals surface area contributed by atoms with Crippen molar-refractivity contribution in [2.75, 3.05) is 0 Å². The quantitative estimate of drug-likeness (QED) is 0.798. The van der Waals surface area contributed by atoms with Gasteiger partial charge in [-0.05, 0) is 29.3 Å². The summed E-state index contributed by atoms with van der Waals surface area (Å²) in [5.41, 5.74) is 4.48. The molecule has 0 bridgehead atoms. The van der Waals surface area contributed by atoms with Crippen molar-refractivity contribution in [3.63, 3.8) is 0 Å². The molecule has 0 aliphatic carbocycles. The molecule has 1 nitrogen and oxygen atoms in total. The van der Waals surface area contributed by atoms with E-state index in [-0.39, 0.29) is 16.1 Å². The first-order valence-electron chi connectivity index (χ1n) is 5.78. The SMILES string of the molecule is NC(c1ccc(F)c(C(F)(F)F)c1)c1cccc(F)c1Cl. The lowest BCUT2D eigenvalue weighted by Gasteiger charge is -2.17. The van der Waals surface area contributed by atoms with Crippen molar-refractivity contribution in [2.45, 2.75) is 12.2 Å². The number of nitrogens with two attached hydrogens (primary N) is 1. The van der Waals surface area contributed by atoms with Gasteiger partial charge in [0.1, 0.15) is 11.6 Å². The van der Waals surface area contributed by atoms with E-state index in [0.29, 0.717) is 12.1 Å². The van der Waals surface area contributed by atoms with Gasteiger partial charge in [-0.3, -0.25) is 0 Å². The van der Waals surface area contributed by atoms with Crippen molar-refractivity contribution in [3.8, 4) is 0 Å². The predicted molar refractivity (Wildman–Crippen MR) is 68.8 cm³/mol. The number of benzene rings is 2. The Labute approximate surface area is 122 Å². The molecule has 0 fully saturated rings. The van der Waals surface area contributed by atoms with Gasteiger partial charge >= 0.3 is 6.18 Å². The first-order chi connectivity index (χ1) is 9.71. The van der Waals surface area contributed by atoms with Crippen molar-refractivity contribution in [1.29, 1.82) is 0 Å². The van der Waals surface area contributed by atoms with Crippen LogP contribution in [0.2, 0.25) is 5.02 Å². The van der Waals surface area contributed by atoms with Crippen molar-refractivity contribution < 1.29 is 22.0 Å². The van der Waals surface area contributed by atoms with Crippen LogP contribution < -0.4 is 5.73 Å². The van der Waals surface area contributed by atoms with E-state index in [1.807, 2.05) is 0 Å². The maximum absolute atomic E-state index is 13.4. The lowest BCUT2D eigenvalue weighted by molar-refractivity contribution is -0.140. The molecule has 1 unspecified atom stereocenters. The lowest BCUT2D eigenvalue weighted by Crippen LogP contribution is -2.15. The van der Waals surface area contributed by atoms with E-state index in [1.54, 1.807) is 0 Å². The molecule has 2 aromatic carbocycles. The van der Waals surface area contributed by atoms with Crippen LogP contribution in [0.15, 0.2) is 36.4 Å². The van der Waals surface area contributed by atoms with E-state index in [9.17, 15) is 22.0 Å². The predicted octanol–water partition coefficient (Wildman–Crippen LogP) is 4.69. The smallest absolute Gasteiger partial charge is 0.320 e. The highest BCUT2D eigenvalue weighted by atomic mass is 35.5. The van der Waals surface area contributed by atoms with Gasteiger partial charge in [0.2, 0.25) is 0 Å². The van der Waals surface area contributed by atoms with E-state index in [0.717, 1.165) is 12.1 Å². The Morgan fingerprint density at radius 1 is 1.00 bits per heavy atom. The molecule has 21 heavy (non-hydrogen) atoms. The number of halogens is 6. The van der Waals surface area contributed by atoms with Crippen LogP contribution in [-0.4, -0.2) is 0 Å². The summed E-state index contributed by atoms with van der Waals surface area (Å²) < 4.78 is 64.6. The van der Waals surface area contributed by atoms with Crippen LogP contribution >= 0.6 is 11.6 Å². The van der Waals surface area contributed by atoms with Crippen LogP contribution in [0.25, 0.3) is 0 Å². The van der Waals surface area contributed by atoms with Crippen LogP contribution in [-0.2, 0) is 6.18 Å². The molecule has 0 spiro atoms. The zero-order valence-electron chi connectivity index (χ0n) is 10.4. The highest BCUT2D eigenvalue weighted by molar-refractivity contribution is 6.31. The van der Waals surface area contributed by atoms with Crippen LogP contribution in [0.5, 0.6) is 0 Å². The fourth-order valence-electron chi connectivity index (χ4n) is 1.89. The molecule has 0 aliphatic rings. The number of rotatable bonds is 2. The Morgan fingerprint density at radius 2 is 1.67 bits per heavy atom. The molecule has 0 radical (unpaired) electrons. The molecule has 2 aromatic rings. The fourth-order valence-corrected chi connectivity index (χ4v) is 2.14. The number of hydrogen-bond donors (Lipinski definition) is 1. The van der Waals surface area contributed by atoms with Crippen molar-refractivity contribution in [2.24, 2.45) is 5.73 Å². The van der Waals surface area contributed by atoms with E-state index in [1.165, 1.54) is 12.1 Å². The van der Waals surface area contributed by atoms with Gasteiger partial charge in [-0.25, -0.2) is 8.78 Å². The normalized spacial score (nSPS) is 13.3. The van der Waals surface area contributed by atoms with Crippen molar-refractivity contribution in [3.05, 3.63) is 69.7 Å². The minimum Gasteiger partial charge on any atom is -0.320 e. The molecule has 0 saturated carbocycles. The van der Waals surface area contributed by atoms with Crippen LogP contribution in [0.4, 0.5) is 22.0 Å². The summed E-state index contributed by atoms with van der Waals surface area (Å²) in [4.78, 5) is 0. The molecular formula is C14H9ClF5N. The van der Waals surface area contributed by atoms with Gasteiger partial charge in [0.15, 0.2) is 0 Å². The number of alkyl halides is 3. The molecule has 2 N–H and O–H groups in total. The Hall–Kier alpha value is -1.66. The standard InChI is InChI=1S/C14H9ClF5N/c15-12-8(2-1-3-11(12)17)13(21)7-4-5-10(16)9(6-7)14(18,19)20/h1-6,13H,21H2. The molecule has 2 rings (SSSR count). The minimum absolute atomic E-state index is 0.0174. The second-order valence-corrected chi connectivity index (χ2v) is 4.74. The Balaban J connectivity index is 2.49. The molecule has 0 aliphatic heterocycles.